The Kier molecular flexibility index (Phi) is 9.72. The molecule has 0 atom stereocenters. The van der Waals surface area contributed by atoms with E-state index in [9.17, 15) is 5.11 Å². The molecule has 1 aliphatic rings. The second-order valence-corrected chi connectivity index (χ2v) is 18.0. The van der Waals surface area contributed by atoms with Crippen LogP contribution in [0.3, 0.4) is 0 Å². The molecular formula is C53H48N3OPt-. The number of nitrogens with zero attached hydrogens (tertiary/aromatic N) is 3. The van der Waals surface area contributed by atoms with Gasteiger partial charge in [0.1, 0.15) is 11.6 Å². The van der Waals surface area contributed by atoms with Crippen LogP contribution in [0.4, 0.5) is 0 Å². The van der Waals surface area contributed by atoms with Gasteiger partial charge >= 0.3 is 0 Å². The van der Waals surface area contributed by atoms with Crippen LogP contribution in [-0.4, -0.2) is 19.6 Å². The third kappa shape index (κ3) is 6.62. The molecule has 1 aliphatic carbocycles. The van der Waals surface area contributed by atoms with Gasteiger partial charge < -0.3 is 5.11 Å². The number of hydrogen-bond acceptors (Lipinski definition) is 3. The van der Waals surface area contributed by atoms with E-state index in [-0.39, 0.29) is 43.1 Å². The maximum Gasteiger partial charge on any atom is 0.148 e. The van der Waals surface area contributed by atoms with Crippen molar-refractivity contribution >= 4 is 11.0 Å². The standard InChI is InChI=1S/C53H48N3O.Pt/c1-51(2,3)36-24-25-46(40(30-36)33-17-10-9-11-18-33)56-47-23-16-20-38(34-27-35(45-22-14-15-26-54-45)29-37(28-34)52(4,5)6)49(47)55-50(56)42-31-41-39-19-12-13-21-43(39)53(7,8)44(41)32-48(42)57;/h9-26,28-32,57H,1-8H3;/q-1;. The molecule has 58 heavy (non-hydrogen) atoms. The molecule has 0 amide bonds. The summed E-state index contributed by atoms with van der Waals surface area (Å²) in [5.41, 5.74) is 16.1. The molecule has 0 spiro atoms. The maximum absolute atomic E-state index is 12.2. The van der Waals surface area contributed by atoms with Crippen LogP contribution in [0.5, 0.6) is 5.75 Å². The molecule has 0 saturated heterocycles. The summed E-state index contributed by atoms with van der Waals surface area (Å²) >= 11 is 0. The molecule has 8 aromatic rings. The van der Waals surface area contributed by atoms with Crippen LogP contribution in [0.2, 0.25) is 0 Å². The summed E-state index contributed by atoms with van der Waals surface area (Å²) in [6, 6.07) is 50.7. The van der Waals surface area contributed by atoms with Gasteiger partial charge in [-0.05, 0) is 80.6 Å². The number of para-hydroxylation sites is 1. The summed E-state index contributed by atoms with van der Waals surface area (Å²) in [7, 11) is 0. The van der Waals surface area contributed by atoms with E-state index in [4.69, 9.17) is 9.97 Å². The summed E-state index contributed by atoms with van der Waals surface area (Å²) < 4.78 is 2.26. The Bertz CT molecular complexity index is 2840. The number of rotatable bonds is 5. The Hall–Kier alpha value is -5.57. The van der Waals surface area contributed by atoms with Crippen molar-refractivity contribution in [3.8, 4) is 67.5 Å². The number of aromatic hydroxyl groups is 1. The molecule has 292 valence electrons. The van der Waals surface area contributed by atoms with E-state index >= 15 is 0 Å². The van der Waals surface area contributed by atoms with Crippen LogP contribution in [0.25, 0.3) is 72.7 Å². The van der Waals surface area contributed by atoms with Crippen LogP contribution < -0.4 is 0 Å². The van der Waals surface area contributed by atoms with Gasteiger partial charge in [0.05, 0.1) is 22.3 Å². The molecule has 0 bridgehead atoms. The van der Waals surface area contributed by atoms with Gasteiger partial charge in [-0.2, -0.15) is 0 Å². The van der Waals surface area contributed by atoms with Gasteiger partial charge in [0, 0.05) is 43.9 Å². The van der Waals surface area contributed by atoms with Crippen molar-refractivity contribution < 1.29 is 26.2 Å². The molecule has 1 N–H and O–H groups in total. The second-order valence-electron chi connectivity index (χ2n) is 18.0. The van der Waals surface area contributed by atoms with Crippen molar-refractivity contribution in [2.24, 2.45) is 0 Å². The molecule has 0 fully saturated rings. The van der Waals surface area contributed by atoms with Gasteiger partial charge in [-0.3, -0.25) is 9.55 Å². The van der Waals surface area contributed by atoms with Crippen LogP contribution >= 0.6 is 0 Å². The Balaban J connectivity index is 0.00000469. The molecule has 0 aliphatic heterocycles. The topological polar surface area (TPSA) is 50.9 Å². The second kappa shape index (κ2) is 14.4. The molecule has 0 unspecified atom stereocenters. The summed E-state index contributed by atoms with van der Waals surface area (Å²) in [4.78, 5) is 10.3. The molecule has 0 saturated carbocycles. The SMILES string of the molecule is CC(C)(C)c1cc(-c2ccccn2)[c-]c(-c2cccc3c2nc(-c2cc4c(cc2O)C(C)(C)c2ccccc2-4)n3-c2ccc(C(C)(C)C)cc2-c2ccccc2)c1.[Pt]. The Morgan fingerprint density at radius 2 is 1.28 bits per heavy atom. The van der Waals surface area contributed by atoms with Crippen LogP contribution in [-0.2, 0) is 37.3 Å². The number of hydrogen-bond donors (Lipinski definition) is 1. The summed E-state index contributed by atoms with van der Waals surface area (Å²) in [6.07, 6.45) is 1.83. The molecule has 0 radical (unpaired) electrons. The van der Waals surface area contributed by atoms with Crippen molar-refractivity contribution in [3.05, 3.63) is 168 Å². The first-order valence-electron chi connectivity index (χ1n) is 19.9. The molecule has 6 aromatic carbocycles. The number of pyridine rings is 1. The van der Waals surface area contributed by atoms with Crippen LogP contribution in [0.1, 0.15) is 77.6 Å². The summed E-state index contributed by atoms with van der Waals surface area (Å²) in [5, 5.41) is 12.2. The predicted octanol–water partition coefficient (Wildman–Crippen LogP) is 13.5. The van der Waals surface area contributed by atoms with Crippen molar-refractivity contribution in [2.45, 2.75) is 71.6 Å². The largest absolute Gasteiger partial charge is 0.507 e. The van der Waals surface area contributed by atoms with E-state index < -0.39 is 0 Å². The third-order valence-corrected chi connectivity index (χ3v) is 11.8. The zero-order chi connectivity index (χ0) is 39.9. The number of phenols is 1. The fourth-order valence-electron chi connectivity index (χ4n) is 8.51. The first-order chi connectivity index (χ1) is 27.2. The van der Waals surface area contributed by atoms with Crippen molar-refractivity contribution in [2.75, 3.05) is 0 Å². The van der Waals surface area contributed by atoms with Gasteiger partial charge in [0.15, 0.2) is 0 Å². The minimum Gasteiger partial charge on any atom is -0.507 e. The number of imidazole rings is 1. The smallest absolute Gasteiger partial charge is 0.148 e. The number of aromatic nitrogens is 3. The molecule has 2 aromatic heterocycles. The van der Waals surface area contributed by atoms with Crippen molar-refractivity contribution in [1.29, 1.82) is 0 Å². The Morgan fingerprint density at radius 3 is 2.00 bits per heavy atom. The molecule has 5 heteroatoms. The van der Waals surface area contributed by atoms with E-state index in [2.05, 4.69) is 175 Å². The predicted molar refractivity (Wildman–Crippen MR) is 236 cm³/mol. The van der Waals surface area contributed by atoms with Crippen molar-refractivity contribution in [3.63, 3.8) is 0 Å². The summed E-state index contributed by atoms with van der Waals surface area (Å²) in [6.45, 7) is 18.0. The van der Waals surface area contributed by atoms with Gasteiger partial charge in [-0.15, -0.1) is 29.3 Å². The van der Waals surface area contributed by atoms with Gasteiger partial charge in [0.2, 0.25) is 0 Å². The van der Waals surface area contributed by atoms with E-state index in [1.54, 1.807) is 0 Å². The van der Waals surface area contributed by atoms with Gasteiger partial charge in [0.25, 0.3) is 0 Å². The average Bonchev–Trinajstić information content (AvgIpc) is 3.69. The fraction of sp³-hybridized carbons (Fsp3) is 0.208. The van der Waals surface area contributed by atoms with Crippen LogP contribution in [0, 0.1) is 6.07 Å². The van der Waals surface area contributed by atoms with E-state index in [0.717, 1.165) is 61.4 Å². The number of phenolic OH excluding ortho intramolecular Hbond substituents is 1. The first kappa shape index (κ1) is 39.3. The van der Waals surface area contributed by atoms with Gasteiger partial charge in [-0.1, -0.05) is 151 Å². The zero-order valence-electron chi connectivity index (χ0n) is 34.4. The maximum atomic E-state index is 12.2. The minimum atomic E-state index is -0.252. The number of benzene rings is 6. The zero-order valence-corrected chi connectivity index (χ0v) is 36.7. The minimum absolute atomic E-state index is 0. The average molecular weight is 938 g/mol. The van der Waals surface area contributed by atoms with E-state index in [1.807, 2.05) is 30.5 Å². The van der Waals surface area contributed by atoms with Crippen molar-refractivity contribution in [1.82, 2.24) is 14.5 Å². The summed E-state index contributed by atoms with van der Waals surface area (Å²) in [5.74, 6) is 0.886. The molecule has 2 heterocycles. The third-order valence-electron chi connectivity index (χ3n) is 11.8. The monoisotopic (exact) mass is 937 g/mol. The fourth-order valence-corrected chi connectivity index (χ4v) is 8.51. The van der Waals surface area contributed by atoms with Gasteiger partial charge in [-0.25, -0.2) is 4.98 Å². The number of fused-ring (bicyclic) bond motifs is 4. The van der Waals surface area contributed by atoms with E-state index in [1.165, 1.54) is 22.3 Å². The normalized spacial score (nSPS) is 13.2. The quantitative estimate of drug-likeness (QED) is 0.175. The van der Waals surface area contributed by atoms with E-state index in [0.29, 0.717) is 11.4 Å². The Morgan fingerprint density at radius 1 is 0.586 bits per heavy atom. The molecular weight excluding hydrogens is 890 g/mol. The first-order valence-corrected chi connectivity index (χ1v) is 19.9. The Labute approximate surface area is 357 Å². The molecule has 4 nitrogen and oxygen atoms in total. The van der Waals surface area contributed by atoms with Crippen LogP contribution in [0.15, 0.2) is 140 Å². The molecule has 9 rings (SSSR count).